The molecule has 0 saturated carbocycles. The molecule has 0 rings (SSSR count). The van der Waals surface area contributed by atoms with Crippen LogP contribution in [-0.4, -0.2) is 37.2 Å². The molecule has 0 aliphatic heterocycles. The maximum Gasteiger partial charge on any atom is 0.306 e. The molecule has 0 spiro atoms. The summed E-state index contributed by atoms with van der Waals surface area (Å²) in [6, 6.07) is 0. The number of unbranched alkanes of at least 4 members (excludes halogenated alkanes) is 16. The van der Waals surface area contributed by atoms with Crippen LogP contribution in [0.3, 0.4) is 0 Å². The van der Waals surface area contributed by atoms with E-state index < -0.39 is 6.10 Å². The summed E-state index contributed by atoms with van der Waals surface area (Å²) >= 11 is 0. The average molecular weight is 1090 g/mol. The van der Waals surface area contributed by atoms with E-state index >= 15 is 0 Å². The van der Waals surface area contributed by atoms with Gasteiger partial charge in [0.1, 0.15) is 13.2 Å². The van der Waals surface area contributed by atoms with Crippen LogP contribution in [-0.2, 0) is 28.6 Å². The van der Waals surface area contributed by atoms with Crippen molar-refractivity contribution in [1.29, 1.82) is 0 Å². The predicted octanol–water partition coefficient (Wildman–Crippen LogP) is 21.9. The van der Waals surface area contributed by atoms with Crippen molar-refractivity contribution in [2.75, 3.05) is 13.2 Å². The van der Waals surface area contributed by atoms with E-state index in [1.54, 1.807) is 0 Å². The number of hydrogen-bond donors (Lipinski definition) is 0. The maximum atomic E-state index is 12.9. The summed E-state index contributed by atoms with van der Waals surface area (Å²) in [6.07, 6.45) is 96.3. The number of carbonyl (C=O) groups excluding carboxylic acids is 3. The zero-order chi connectivity index (χ0) is 57.1. The normalized spacial score (nSPS) is 13.3. The van der Waals surface area contributed by atoms with Gasteiger partial charge >= 0.3 is 17.9 Å². The van der Waals surface area contributed by atoms with E-state index in [1.165, 1.54) is 25.7 Å². The van der Waals surface area contributed by atoms with Crippen LogP contribution < -0.4 is 0 Å². The molecular formula is C73H114O6. The number of ether oxygens (including phenoxy) is 3. The molecule has 442 valence electrons. The zero-order valence-electron chi connectivity index (χ0n) is 50.6. The fourth-order valence-electron chi connectivity index (χ4n) is 8.01. The Hall–Kier alpha value is -5.23. The number of hydrogen-bond acceptors (Lipinski definition) is 6. The Morgan fingerprint density at radius 1 is 0.266 bits per heavy atom. The molecule has 0 heterocycles. The summed E-state index contributed by atoms with van der Waals surface area (Å²) in [4.78, 5) is 38.3. The Morgan fingerprint density at radius 2 is 0.494 bits per heavy atom. The fraction of sp³-hybridized carbons (Fsp3) is 0.575. The first kappa shape index (κ1) is 73.8. The summed E-state index contributed by atoms with van der Waals surface area (Å²) in [6.45, 7) is 6.32. The van der Waals surface area contributed by atoms with Crippen LogP contribution in [0.25, 0.3) is 0 Å². The van der Waals surface area contributed by atoms with E-state index in [9.17, 15) is 14.4 Å². The Balaban J connectivity index is 4.54. The first-order chi connectivity index (χ1) is 39.0. The summed E-state index contributed by atoms with van der Waals surface area (Å²) in [5.74, 6) is -0.981. The molecule has 0 aromatic heterocycles. The quantitative estimate of drug-likeness (QED) is 0.0261. The Morgan fingerprint density at radius 3 is 0.772 bits per heavy atom. The molecule has 0 bridgehead atoms. The third-order valence-electron chi connectivity index (χ3n) is 12.7. The lowest BCUT2D eigenvalue weighted by molar-refractivity contribution is -0.167. The van der Waals surface area contributed by atoms with Crippen LogP contribution in [0.1, 0.15) is 252 Å². The molecule has 79 heavy (non-hydrogen) atoms. The highest BCUT2D eigenvalue weighted by molar-refractivity contribution is 5.71. The van der Waals surface area contributed by atoms with E-state index in [-0.39, 0.29) is 37.5 Å². The van der Waals surface area contributed by atoms with E-state index in [4.69, 9.17) is 14.2 Å². The van der Waals surface area contributed by atoms with Gasteiger partial charge < -0.3 is 14.2 Å². The standard InChI is InChI=1S/C73H114O6/c1-4-7-10-13-16-19-22-25-28-30-32-34-36-38-40-42-45-48-51-54-57-60-63-66-72(75)78-69-70(68-77-71(74)65-62-59-56-53-50-47-44-27-24-21-18-15-12-9-6-3)79-73(76)67-64-61-58-55-52-49-46-43-41-39-37-35-33-31-29-26-23-20-17-14-11-8-5-2/h7-8,10-11,16-21,25-29,32-35,38-41,44-46,48-49,70H,4-6,9,12-15,22-24,30-31,36-37,42-43,47,50-69H2,1-3H3/b10-7-,11-8-,19-16-,20-17-,21-18-,28-25-,29-26-,34-32-,35-33-,40-38-,41-39-,44-27-,48-45-,49-46-. The molecule has 0 aromatic carbocycles. The number of esters is 3. The van der Waals surface area contributed by atoms with E-state index in [1.807, 2.05) is 0 Å². The molecule has 0 N–H and O–H groups in total. The van der Waals surface area contributed by atoms with Gasteiger partial charge in [0.15, 0.2) is 6.10 Å². The van der Waals surface area contributed by atoms with E-state index in [0.717, 1.165) is 186 Å². The summed E-state index contributed by atoms with van der Waals surface area (Å²) < 4.78 is 16.9. The molecule has 0 radical (unpaired) electrons. The minimum Gasteiger partial charge on any atom is -0.462 e. The van der Waals surface area contributed by atoms with Gasteiger partial charge in [0.05, 0.1) is 0 Å². The van der Waals surface area contributed by atoms with Crippen LogP contribution in [0.15, 0.2) is 170 Å². The molecule has 0 aliphatic carbocycles. The van der Waals surface area contributed by atoms with Crippen LogP contribution in [0, 0.1) is 0 Å². The van der Waals surface area contributed by atoms with Crippen LogP contribution in [0.4, 0.5) is 0 Å². The summed E-state index contributed by atoms with van der Waals surface area (Å²) in [5.41, 5.74) is 0. The van der Waals surface area contributed by atoms with Crippen LogP contribution in [0.2, 0.25) is 0 Å². The van der Waals surface area contributed by atoms with Gasteiger partial charge in [0.2, 0.25) is 0 Å². The fourth-order valence-corrected chi connectivity index (χ4v) is 8.01. The summed E-state index contributed by atoms with van der Waals surface area (Å²) in [5, 5.41) is 0. The van der Waals surface area contributed by atoms with Crippen molar-refractivity contribution in [3.8, 4) is 0 Å². The van der Waals surface area contributed by atoms with Gasteiger partial charge in [0.25, 0.3) is 0 Å². The highest BCUT2D eigenvalue weighted by Crippen LogP contribution is 2.13. The maximum absolute atomic E-state index is 12.9. The second-order valence-electron chi connectivity index (χ2n) is 20.2. The van der Waals surface area contributed by atoms with Crippen molar-refractivity contribution in [2.24, 2.45) is 0 Å². The van der Waals surface area contributed by atoms with Crippen molar-refractivity contribution in [3.05, 3.63) is 170 Å². The van der Waals surface area contributed by atoms with Gasteiger partial charge in [-0.05, 0) is 154 Å². The molecule has 6 heteroatoms. The lowest BCUT2D eigenvalue weighted by Gasteiger charge is -2.18. The number of allylic oxidation sites excluding steroid dienone is 28. The van der Waals surface area contributed by atoms with Crippen molar-refractivity contribution in [2.45, 2.75) is 258 Å². The monoisotopic (exact) mass is 1090 g/mol. The van der Waals surface area contributed by atoms with Gasteiger partial charge in [-0.3, -0.25) is 14.4 Å². The van der Waals surface area contributed by atoms with Gasteiger partial charge in [-0.1, -0.05) is 249 Å². The third-order valence-corrected chi connectivity index (χ3v) is 12.7. The van der Waals surface area contributed by atoms with Gasteiger partial charge in [-0.25, -0.2) is 0 Å². The highest BCUT2D eigenvalue weighted by atomic mass is 16.6. The Labute approximate surface area is 485 Å². The molecule has 0 amide bonds. The van der Waals surface area contributed by atoms with Crippen molar-refractivity contribution < 1.29 is 28.6 Å². The lowest BCUT2D eigenvalue weighted by Crippen LogP contribution is -2.30. The molecular weight excluding hydrogens is 973 g/mol. The highest BCUT2D eigenvalue weighted by Gasteiger charge is 2.19. The first-order valence-corrected chi connectivity index (χ1v) is 31.6. The molecule has 1 atom stereocenters. The van der Waals surface area contributed by atoms with Crippen molar-refractivity contribution >= 4 is 17.9 Å². The number of rotatable bonds is 55. The second-order valence-corrected chi connectivity index (χ2v) is 20.2. The van der Waals surface area contributed by atoms with Crippen LogP contribution >= 0.6 is 0 Å². The van der Waals surface area contributed by atoms with Crippen molar-refractivity contribution in [3.63, 3.8) is 0 Å². The largest absolute Gasteiger partial charge is 0.462 e. The topological polar surface area (TPSA) is 78.9 Å². The van der Waals surface area contributed by atoms with Gasteiger partial charge in [0, 0.05) is 19.3 Å². The van der Waals surface area contributed by atoms with Crippen molar-refractivity contribution in [1.82, 2.24) is 0 Å². The van der Waals surface area contributed by atoms with Gasteiger partial charge in [-0.15, -0.1) is 0 Å². The smallest absolute Gasteiger partial charge is 0.306 e. The SMILES string of the molecule is CC/C=C\C/C=C\C/C=C\C/C=C\C/C=C\C/C=C\CCCCCCC(=O)OCC(COC(=O)CCCCCCC/C=C\C/C=C\CCCCC)OC(=O)CCCCCC/C=C\C/C=C\C/C=C\C/C=C\C/C=C\C/C=C\CC. The Kier molecular flexibility index (Phi) is 61.0. The third kappa shape index (κ3) is 63.5. The zero-order valence-corrected chi connectivity index (χ0v) is 50.6. The van der Waals surface area contributed by atoms with E-state index in [0.29, 0.717) is 12.8 Å². The lowest BCUT2D eigenvalue weighted by atomic mass is 10.1. The van der Waals surface area contributed by atoms with E-state index in [2.05, 4.69) is 191 Å². The predicted molar refractivity (Wildman–Crippen MR) is 343 cm³/mol. The molecule has 6 nitrogen and oxygen atoms in total. The molecule has 0 saturated heterocycles. The molecule has 0 fully saturated rings. The molecule has 0 aliphatic rings. The number of carbonyl (C=O) groups is 3. The second kappa shape index (κ2) is 65.3. The Bertz CT molecular complexity index is 1820. The molecule has 0 aromatic rings. The van der Waals surface area contributed by atoms with Gasteiger partial charge in [-0.2, -0.15) is 0 Å². The first-order valence-electron chi connectivity index (χ1n) is 31.6. The minimum atomic E-state index is -0.820. The molecule has 1 unspecified atom stereocenters. The minimum absolute atomic E-state index is 0.112. The van der Waals surface area contributed by atoms with Crippen LogP contribution in [0.5, 0.6) is 0 Å². The average Bonchev–Trinajstić information content (AvgIpc) is 3.45. The summed E-state index contributed by atoms with van der Waals surface area (Å²) in [7, 11) is 0.